The lowest BCUT2D eigenvalue weighted by Gasteiger charge is -2.16. The summed E-state index contributed by atoms with van der Waals surface area (Å²) in [7, 11) is 0. The van der Waals surface area contributed by atoms with E-state index in [9.17, 15) is 10.2 Å². The van der Waals surface area contributed by atoms with Gasteiger partial charge in [0.05, 0.1) is 24.0 Å². The van der Waals surface area contributed by atoms with Gasteiger partial charge in [0.15, 0.2) is 6.23 Å². The number of ether oxygens (including phenoxy) is 1. The van der Waals surface area contributed by atoms with Gasteiger partial charge in [-0.05, 0) is 12.1 Å². The molecule has 0 unspecified atom stereocenters. The number of fused-ring (bicyclic) bond motifs is 1. The molecule has 0 aliphatic carbocycles. The van der Waals surface area contributed by atoms with E-state index in [1.54, 1.807) is 10.9 Å². The first-order chi connectivity index (χ1) is 8.72. The molecule has 2 aromatic rings. The lowest BCUT2D eigenvalue weighted by atomic mass is 10.1. The number of aromatic nitrogens is 2. The van der Waals surface area contributed by atoms with Crippen LogP contribution in [-0.4, -0.2) is 49.8 Å². The molecule has 4 atom stereocenters. The Hall–Kier alpha value is -1.47. The van der Waals surface area contributed by atoms with Crippen molar-refractivity contribution < 1.29 is 20.1 Å². The second-order valence-electron chi connectivity index (χ2n) is 4.37. The van der Waals surface area contributed by atoms with Crippen molar-refractivity contribution in [1.29, 1.82) is 0 Å². The smallest absolute Gasteiger partial charge is 0.164 e. The Balaban J connectivity index is 2.00. The zero-order chi connectivity index (χ0) is 12.7. The summed E-state index contributed by atoms with van der Waals surface area (Å²) in [5.74, 6) is 0. The zero-order valence-corrected chi connectivity index (χ0v) is 9.55. The van der Waals surface area contributed by atoms with E-state index in [1.807, 2.05) is 24.3 Å². The zero-order valence-electron chi connectivity index (χ0n) is 9.55. The standard InChI is InChI=1S/C12H14N2O4/c15-5-9-10(16)11(17)12(18-9)14-6-13-7-3-1-2-4-8(7)14/h1-4,6,9-12,15-17H,5H2/t9-,10+,11+,12+/m0/s1. The highest BCUT2D eigenvalue weighted by Gasteiger charge is 2.43. The number of hydrogen-bond acceptors (Lipinski definition) is 5. The highest BCUT2D eigenvalue weighted by molar-refractivity contribution is 5.75. The fourth-order valence-corrected chi connectivity index (χ4v) is 2.29. The Morgan fingerprint density at radius 2 is 2.00 bits per heavy atom. The van der Waals surface area contributed by atoms with Crippen molar-refractivity contribution in [3.63, 3.8) is 0 Å². The average Bonchev–Trinajstić information content (AvgIpc) is 2.93. The van der Waals surface area contributed by atoms with Gasteiger partial charge in [-0.3, -0.25) is 0 Å². The second-order valence-corrected chi connectivity index (χ2v) is 4.37. The van der Waals surface area contributed by atoms with Crippen LogP contribution in [0.3, 0.4) is 0 Å². The SMILES string of the molecule is OC[C@@H]1O[C@@H](n2cnc3ccccc32)[C@H](O)[C@@H]1O. The van der Waals surface area contributed by atoms with Crippen molar-refractivity contribution in [2.75, 3.05) is 6.61 Å². The molecular weight excluding hydrogens is 236 g/mol. The van der Waals surface area contributed by atoms with Crippen LogP contribution >= 0.6 is 0 Å². The fraction of sp³-hybridized carbons (Fsp3) is 0.417. The van der Waals surface area contributed by atoms with Crippen LogP contribution in [0.25, 0.3) is 11.0 Å². The Bertz CT molecular complexity index is 556. The molecule has 1 fully saturated rings. The molecule has 1 aliphatic rings. The van der Waals surface area contributed by atoms with Crippen molar-refractivity contribution in [1.82, 2.24) is 9.55 Å². The summed E-state index contributed by atoms with van der Waals surface area (Å²) >= 11 is 0. The van der Waals surface area contributed by atoms with E-state index in [4.69, 9.17) is 9.84 Å². The van der Waals surface area contributed by atoms with Gasteiger partial charge < -0.3 is 24.6 Å². The van der Waals surface area contributed by atoms with E-state index in [-0.39, 0.29) is 6.61 Å². The monoisotopic (exact) mass is 250 g/mol. The van der Waals surface area contributed by atoms with Gasteiger partial charge in [0, 0.05) is 0 Å². The number of imidazole rings is 1. The van der Waals surface area contributed by atoms with E-state index in [0.717, 1.165) is 11.0 Å². The van der Waals surface area contributed by atoms with E-state index in [0.29, 0.717) is 0 Å². The largest absolute Gasteiger partial charge is 0.394 e. The highest BCUT2D eigenvalue weighted by Crippen LogP contribution is 2.31. The molecule has 6 nitrogen and oxygen atoms in total. The van der Waals surface area contributed by atoms with E-state index < -0.39 is 24.5 Å². The third-order valence-corrected chi connectivity index (χ3v) is 3.27. The highest BCUT2D eigenvalue weighted by atomic mass is 16.6. The minimum atomic E-state index is -1.10. The third kappa shape index (κ3) is 1.62. The first-order valence-corrected chi connectivity index (χ1v) is 5.76. The maximum absolute atomic E-state index is 9.96. The number of hydrogen-bond donors (Lipinski definition) is 3. The van der Waals surface area contributed by atoms with Crippen molar-refractivity contribution in [2.45, 2.75) is 24.5 Å². The van der Waals surface area contributed by atoms with E-state index in [1.165, 1.54) is 0 Å². The van der Waals surface area contributed by atoms with Gasteiger partial charge in [0.25, 0.3) is 0 Å². The predicted octanol–water partition coefficient (Wildman–Crippen LogP) is -0.352. The number of para-hydroxylation sites is 2. The summed E-state index contributed by atoms with van der Waals surface area (Å²) in [6, 6.07) is 7.45. The molecule has 0 bridgehead atoms. The molecule has 1 aromatic heterocycles. The predicted molar refractivity (Wildman–Crippen MR) is 62.7 cm³/mol. The molecule has 2 heterocycles. The van der Waals surface area contributed by atoms with Crippen molar-refractivity contribution in [2.24, 2.45) is 0 Å². The number of aliphatic hydroxyl groups is 3. The summed E-state index contributed by atoms with van der Waals surface area (Å²) < 4.78 is 7.13. The molecule has 0 amide bonds. The lowest BCUT2D eigenvalue weighted by Crippen LogP contribution is -2.33. The van der Waals surface area contributed by atoms with Crippen LogP contribution < -0.4 is 0 Å². The van der Waals surface area contributed by atoms with Crippen molar-refractivity contribution >= 4 is 11.0 Å². The average molecular weight is 250 g/mol. The van der Waals surface area contributed by atoms with Gasteiger partial charge in [0.1, 0.15) is 18.3 Å². The second kappa shape index (κ2) is 4.33. The minimum Gasteiger partial charge on any atom is -0.394 e. The minimum absolute atomic E-state index is 0.332. The van der Waals surface area contributed by atoms with Gasteiger partial charge in [-0.1, -0.05) is 12.1 Å². The Labute approximate surface area is 103 Å². The van der Waals surface area contributed by atoms with Crippen LogP contribution in [0.4, 0.5) is 0 Å². The molecule has 1 aromatic carbocycles. The van der Waals surface area contributed by atoms with Gasteiger partial charge in [0.2, 0.25) is 0 Å². The van der Waals surface area contributed by atoms with Crippen LogP contribution in [0.2, 0.25) is 0 Å². The maximum atomic E-state index is 9.96. The normalized spacial score (nSPS) is 32.2. The van der Waals surface area contributed by atoms with E-state index in [2.05, 4.69) is 4.98 Å². The molecule has 0 spiro atoms. The summed E-state index contributed by atoms with van der Waals surface area (Å²) in [4.78, 5) is 4.20. The van der Waals surface area contributed by atoms with Crippen LogP contribution in [0.5, 0.6) is 0 Å². The first kappa shape index (κ1) is 11.6. The number of aliphatic hydroxyl groups excluding tert-OH is 3. The van der Waals surface area contributed by atoms with Gasteiger partial charge >= 0.3 is 0 Å². The van der Waals surface area contributed by atoms with Crippen molar-refractivity contribution in [3.8, 4) is 0 Å². The molecule has 1 aliphatic heterocycles. The topological polar surface area (TPSA) is 87.7 Å². The molecular formula is C12H14N2O4. The summed E-state index contributed by atoms with van der Waals surface area (Å²) in [5.41, 5.74) is 1.60. The number of rotatable bonds is 2. The third-order valence-electron chi connectivity index (χ3n) is 3.27. The molecule has 6 heteroatoms. The van der Waals surface area contributed by atoms with Crippen molar-refractivity contribution in [3.05, 3.63) is 30.6 Å². The number of nitrogens with zero attached hydrogens (tertiary/aromatic N) is 2. The molecule has 0 radical (unpaired) electrons. The molecule has 0 saturated carbocycles. The van der Waals surface area contributed by atoms with Crippen LogP contribution in [0, 0.1) is 0 Å². The Kier molecular flexibility index (Phi) is 2.79. The lowest BCUT2D eigenvalue weighted by molar-refractivity contribution is -0.0508. The van der Waals surface area contributed by atoms with Crippen LogP contribution in [0.1, 0.15) is 6.23 Å². The molecule has 1 saturated heterocycles. The molecule has 3 rings (SSSR count). The quantitative estimate of drug-likeness (QED) is 0.678. The van der Waals surface area contributed by atoms with E-state index >= 15 is 0 Å². The summed E-state index contributed by atoms with van der Waals surface area (Å²) in [5, 5.41) is 28.7. The molecule has 3 N–H and O–H groups in total. The van der Waals surface area contributed by atoms with Gasteiger partial charge in [-0.25, -0.2) is 4.98 Å². The first-order valence-electron chi connectivity index (χ1n) is 5.76. The van der Waals surface area contributed by atoms with Gasteiger partial charge in [-0.15, -0.1) is 0 Å². The fourth-order valence-electron chi connectivity index (χ4n) is 2.29. The maximum Gasteiger partial charge on any atom is 0.164 e. The van der Waals surface area contributed by atoms with Crippen LogP contribution in [0.15, 0.2) is 30.6 Å². The Morgan fingerprint density at radius 1 is 1.22 bits per heavy atom. The van der Waals surface area contributed by atoms with Gasteiger partial charge in [-0.2, -0.15) is 0 Å². The summed E-state index contributed by atoms with van der Waals surface area (Å²) in [6.07, 6.45) is -2.12. The molecule has 18 heavy (non-hydrogen) atoms. The molecule has 96 valence electrons. The number of benzene rings is 1. The summed E-state index contributed by atoms with van der Waals surface area (Å²) in [6.45, 7) is -0.332. The van der Waals surface area contributed by atoms with Crippen LogP contribution in [-0.2, 0) is 4.74 Å². The Morgan fingerprint density at radius 3 is 2.72 bits per heavy atom.